The largest absolute Gasteiger partial charge is 0.494 e. The summed E-state index contributed by atoms with van der Waals surface area (Å²) in [6.07, 6.45) is 7.63. The van der Waals surface area contributed by atoms with Gasteiger partial charge >= 0.3 is 0 Å². The van der Waals surface area contributed by atoms with Gasteiger partial charge < -0.3 is 4.74 Å². The van der Waals surface area contributed by atoms with Crippen LogP contribution in [-0.4, -0.2) is 7.11 Å². The summed E-state index contributed by atoms with van der Waals surface area (Å²) in [5.74, 6) is -1.85. The lowest BCUT2D eigenvalue weighted by Crippen LogP contribution is -2.42. The molecule has 3 fully saturated rings. The molecular formula is C22H24F2O. The second kappa shape index (κ2) is 5.82. The Kier molecular flexibility index (Phi) is 3.86. The van der Waals surface area contributed by atoms with Crippen LogP contribution < -0.4 is 4.74 Å². The van der Waals surface area contributed by atoms with Crippen molar-refractivity contribution in [2.45, 2.75) is 50.9 Å². The van der Waals surface area contributed by atoms with E-state index in [4.69, 9.17) is 4.74 Å². The SMILES string of the molecule is COc1ccc(-c2ccc(C34CCC(C)(CC3)CC4)cc2)c(F)c1F. The van der Waals surface area contributed by atoms with Crippen LogP contribution in [0.3, 0.4) is 0 Å². The van der Waals surface area contributed by atoms with E-state index >= 15 is 0 Å². The van der Waals surface area contributed by atoms with Crippen molar-refractivity contribution in [2.75, 3.05) is 7.11 Å². The summed E-state index contributed by atoms with van der Waals surface area (Å²) in [5.41, 5.74) is 3.18. The molecule has 1 nitrogen and oxygen atoms in total. The van der Waals surface area contributed by atoms with E-state index < -0.39 is 11.6 Å². The third kappa shape index (κ3) is 2.65. The average Bonchev–Trinajstić information content (AvgIpc) is 2.65. The fraction of sp³-hybridized carbons (Fsp3) is 0.455. The third-order valence-corrected chi connectivity index (χ3v) is 6.70. The number of ether oxygens (including phenoxy) is 1. The second-order valence-electron chi connectivity index (χ2n) is 8.11. The first-order valence-corrected chi connectivity index (χ1v) is 9.09. The first-order valence-electron chi connectivity index (χ1n) is 9.09. The Morgan fingerprint density at radius 2 is 1.40 bits per heavy atom. The van der Waals surface area contributed by atoms with Gasteiger partial charge in [0.15, 0.2) is 11.6 Å². The van der Waals surface area contributed by atoms with Gasteiger partial charge in [0.25, 0.3) is 0 Å². The first kappa shape index (κ1) is 16.6. The molecule has 3 aliphatic carbocycles. The van der Waals surface area contributed by atoms with Gasteiger partial charge in [0, 0.05) is 5.56 Å². The molecule has 5 rings (SSSR count). The molecule has 0 N–H and O–H groups in total. The summed E-state index contributed by atoms with van der Waals surface area (Å²) in [7, 11) is 1.34. The lowest BCUT2D eigenvalue weighted by Gasteiger charge is -2.52. The van der Waals surface area contributed by atoms with Gasteiger partial charge in [-0.05, 0) is 72.6 Å². The molecule has 132 valence electrons. The predicted octanol–water partition coefficient (Wildman–Crippen LogP) is 6.25. The minimum Gasteiger partial charge on any atom is -0.494 e. The summed E-state index contributed by atoms with van der Waals surface area (Å²) in [6.45, 7) is 2.42. The zero-order chi connectivity index (χ0) is 17.7. The van der Waals surface area contributed by atoms with Gasteiger partial charge in [-0.3, -0.25) is 0 Å². The van der Waals surface area contributed by atoms with Crippen molar-refractivity contribution in [3.8, 4) is 16.9 Å². The van der Waals surface area contributed by atoms with Crippen LogP contribution in [0.5, 0.6) is 5.75 Å². The van der Waals surface area contributed by atoms with E-state index in [0.717, 1.165) is 0 Å². The number of benzene rings is 2. The highest BCUT2D eigenvalue weighted by Gasteiger charge is 2.46. The van der Waals surface area contributed by atoms with Crippen LogP contribution in [0, 0.1) is 17.0 Å². The fourth-order valence-corrected chi connectivity index (χ4v) is 4.72. The maximum Gasteiger partial charge on any atom is 0.201 e. The number of hydrogen-bond donors (Lipinski definition) is 0. The lowest BCUT2D eigenvalue weighted by atomic mass is 9.52. The van der Waals surface area contributed by atoms with Gasteiger partial charge in [0.1, 0.15) is 0 Å². The Bertz CT molecular complexity index is 770. The van der Waals surface area contributed by atoms with Crippen molar-refractivity contribution >= 4 is 0 Å². The zero-order valence-corrected chi connectivity index (χ0v) is 14.9. The zero-order valence-electron chi connectivity index (χ0n) is 14.9. The summed E-state index contributed by atoms with van der Waals surface area (Å²) in [6, 6.07) is 11.1. The molecule has 0 unspecified atom stereocenters. The predicted molar refractivity (Wildman–Crippen MR) is 95.8 cm³/mol. The highest BCUT2D eigenvalue weighted by atomic mass is 19.2. The first-order chi connectivity index (χ1) is 12.0. The highest BCUT2D eigenvalue weighted by Crippen LogP contribution is 2.57. The average molecular weight is 342 g/mol. The van der Waals surface area contributed by atoms with Gasteiger partial charge in [-0.1, -0.05) is 31.2 Å². The van der Waals surface area contributed by atoms with Crippen LogP contribution in [0.1, 0.15) is 51.0 Å². The number of hydrogen-bond acceptors (Lipinski definition) is 1. The molecule has 0 amide bonds. The van der Waals surface area contributed by atoms with Crippen LogP contribution in [0.4, 0.5) is 8.78 Å². The number of fused-ring (bicyclic) bond motifs is 3. The van der Waals surface area contributed by atoms with Gasteiger partial charge in [-0.2, -0.15) is 4.39 Å². The standard InChI is InChI=1S/C22H24F2O/c1-21-9-12-22(13-10-21,14-11-21)16-5-3-15(4-6-16)17-7-8-18(25-2)20(24)19(17)23/h3-8H,9-14H2,1-2H3. The minimum absolute atomic E-state index is 0.0655. The van der Waals surface area contributed by atoms with Crippen LogP contribution >= 0.6 is 0 Å². The highest BCUT2D eigenvalue weighted by molar-refractivity contribution is 5.66. The fourth-order valence-electron chi connectivity index (χ4n) is 4.72. The van der Waals surface area contributed by atoms with Crippen molar-refractivity contribution in [2.24, 2.45) is 5.41 Å². The van der Waals surface area contributed by atoms with E-state index in [2.05, 4.69) is 19.1 Å². The Labute approximate surface area is 148 Å². The smallest absolute Gasteiger partial charge is 0.201 e. The molecule has 3 saturated carbocycles. The van der Waals surface area contributed by atoms with Crippen LogP contribution in [0.25, 0.3) is 11.1 Å². The monoisotopic (exact) mass is 342 g/mol. The summed E-state index contributed by atoms with van der Waals surface area (Å²) in [5, 5.41) is 0. The summed E-state index contributed by atoms with van der Waals surface area (Å²) < 4.78 is 33.1. The van der Waals surface area contributed by atoms with E-state index in [9.17, 15) is 8.78 Å². The van der Waals surface area contributed by atoms with Crippen LogP contribution in [0.2, 0.25) is 0 Å². The van der Waals surface area contributed by atoms with E-state index in [1.165, 1.54) is 57.3 Å². The lowest BCUT2D eigenvalue weighted by molar-refractivity contribution is 0.0556. The van der Waals surface area contributed by atoms with Crippen LogP contribution in [0.15, 0.2) is 36.4 Å². The molecule has 0 spiro atoms. The molecule has 2 bridgehead atoms. The van der Waals surface area contributed by atoms with E-state index in [1.54, 1.807) is 6.07 Å². The van der Waals surface area contributed by atoms with Crippen molar-refractivity contribution in [3.05, 3.63) is 53.6 Å². The molecule has 3 aliphatic rings. The Balaban J connectivity index is 1.64. The van der Waals surface area contributed by atoms with Gasteiger partial charge in [-0.15, -0.1) is 0 Å². The molecule has 3 heteroatoms. The summed E-state index contributed by atoms with van der Waals surface area (Å²) in [4.78, 5) is 0. The summed E-state index contributed by atoms with van der Waals surface area (Å²) >= 11 is 0. The van der Waals surface area contributed by atoms with E-state index in [-0.39, 0.29) is 11.3 Å². The molecule has 2 aromatic rings. The van der Waals surface area contributed by atoms with Gasteiger partial charge in [-0.25, -0.2) is 4.39 Å². The number of methoxy groups -OCH3 is 1. The van der Waals surface area contributed by atoms with Crippen molar-refractivity contribution < 1.29 is 13.5 Å². The Morgan fingerprint density at radius 3 is 1.96 bits per heavy atom. The maximum absolute atomic E-state index is 14.3. The maximum atomic E-state index is 14.3. The normalized spacial score (nSPS) is 28.2. The van der Waals surface area contributed by atoms with E-state index in [0.29, 0.717) is 16.4 Å². The topological polar surface area (TPSA) is 9.23 Å². The minimum atomic E-state index is -0.929. The van der Waals surface area contributed by atoms with Crippen molar-refractivity contribution in [1.29, 1.82) is 0 Å². The molecule has 0 aliphatic heterocycles. The van der Waals surface area contributed by atoms with Gasteiger partial charge in [0.05, 0.1) is 7.11 Å². The molecule has 25 heavy (non-hydrogen) atoms. The number of rotatable bonds is 3. The van der Waals surface area contributed by atoms with Crippen molar-refractivity contribution in [3.63, 3.8) is 0 Å². The molecule has 0 heterocycles. The Morgan fingerprint density at radius 1 is 0.800 bits per heavy atom. The second-order valence-corrected chi connectivity index (χ2v) is 8.11. The molecule has 2 aromatic carbocycles. The quantitative estimate of drug-likeness (QED) is 0.640. The van der Waals surface area contributed by atoms with Gasteiger partial charge in [0.2, 0.25) is 5.82 Å². The molecular weight excluding hydrogens is 318 g/mol. The molecule has 0 radical (unpaired) electrons. The molecule has 0 aromatic heterocycles. The molecule has 0 saturated heterocycles. The number of halogens is 2. The van der Waals surface area contributed by atoms with Crippen LogP contribution in [-0.2, 0) is 5.41 Å². The Hall–Kier alpha value is -1.90. The molecule has 0 atom stereocenters. The third-order valence-electron chi connectivity index (χ3n) is 6.70. The van der Waals surface area contributed by atoms with E-state index in [1.807, 2.05) is 12.1 Å². The van der Waals surface area contributed by atoms with Crippen molar-refractivity contribution in [1.82, 2.24) is 0 Å².